The lowest BCUT2D eigenvalue weighted by Gasteiger charge is -2.61. The van der Waals surface area contributed by atoms with Gasteiger partial charge in [-0.05, 0) is 110 Å². The fraction of sp³-hybridized carbons (Fsp3) is 0.719. The molecular formula is C32H47N3O. The molecule has 0 N–H and O–H groups in total. The number of carbonyl (C=O) groups excluding carboxylic acids is 1. The summed E-state index contributed by atoms with van der Waals surface area (Å²) in [5, 5.41) is 9.12. The monoisotopic (exact) mass is 489 g/mol. The van der Waals surface area contributed by atoms with Crippen molar-refractivity contribution in [1.29, 1.82) is 0 Å². The van der Waals surface area contributed by atoms with Gasteiger partial charge in [-0.2, -0.15) is 15.0 Å². The number of nitrogens with zero attached hydrogens (tertiary/aromatic N) is 3. The van der Waals surface area contributed by atoms with Crippen LogP contribution in [0.4, 0.5) is 0 Å². The standard InChI is InChI=1S/C28H39N3O.C4H8/c1-18-12-14-27(2)19(16-18)8-9-20-21-10-11-23(28(21,3)15-13-22(20)27)26(32)17-31-29-24-6-4-5-7-25(24)30-31;1-3-4-2/h4-7,18-23H,8-17H2,1-3H3;3H,1,4H2,2H3. The Morgan fingerprint density at radius 2 is 1.64 bits per heavy atom. The molecule has 1 heterocycles. The van der Waals surface area contributed by atoms with Gasteiger partial charge < -0.3 is 0 Å². The van der Waals surface area contributed by atoms with E-state index < -0.39 is 0 Å². The van der Waals surface area contributed by atoms with Crippen molar-refractivity contribution in [3.05, 3.63) is 36.9 Å². The van der Waals surface area contributed by atoms with Gasteiger partial charge in [0.2, 0.25) is 0 Å². The Balaban J connectivity index is 0.000000623. The van der Waals surface area contributed by atoms with E-state index in [0.29, 0.717) is 17.7 Å². The van der Waals surface area contributed by atoms with E-state index in [1.165, 1.54) is 51.4 Å². The Labute approximate surface area is 218 Å². The van der Waals surface area contributed by atoms with E-state index in [9.17, 15) is 4.79 Å². The maximum absolute atomic E-state index is 13.5. The summed E-state index contributed by atoms with van der Waals surface area (Å²) >= 11 is 0. The fourth-order valence-corrected chi connectivity index (χ4v) is 9.23. The summed E-state index contributed by atoms with van der Waals surface area (Å²) in [6.07, 6.45) is 15.0. The number of hydrogen-bond donors (Lipinski definition) is 0. The molecule has 0 bridgehead atoms. The Morgan fingerprint density at radius 1 is 1.00 bits per heavy atom. The minimum absolute atomic E-state index is 0.177. The topological polar surface area (TPSA) is 47.8 Å². The number of Topliss-reactive ketones (excluding diaryl/α,β-unsaturated/α-hetero) is 1. The quantitative estimate of drug-likeness (QED) is 0.410. The van der Waals surface area contributed by atoms with Crippen LogP contribution in [0.3, 0.4) is 0 Å². The molecule has 0 amide bonds. The molecule has 4 aliphatic carbocycles. The van der Waals surface area contributed by atoms with Crippen LogP contribution in [0, 0.1) is 46.3 Å². The van der Waals surface area contributed by atoms with Crippen LogP contribution in [0.15, 0.2) is 36.9 Å². The zero-order valence-corrected chi connectivity index (χ0v) is 23.1. The van der Waals surface area contributed by atoms with Crippen LogP contribution >= 0.6 is 0 Å². The number of allylic oxidation sites excluding steroid dienone is 1. The highest BCUT2D eigenvalue weighted by Gasteiger charge is 2.60. The molecule has 4 aliphatic rings. The van der Waals surface area contributed by atoms with Gasteiger partial charge in [-0.1, -0.05) is 52.3 Å². The molecule has 0 saturated heterocycles. The molecule has 0 spiro atoms. The highest BCUT2D eigenvalue weighted by atomic mass is 16.1. The van der Waals surface area contributed by atoms with Gasteiger partial charge in [0.05, 0.1) is 0 Å². The van der Waals surface area contributed by atoms with Gasteiger partial charge in [-0.3, -0.25) is 4.79 Å². The third kappa shape index (κ3) is 4.37. The van der Waals surface area contributed by atoms with Gasteiger partial charge in [-0.25, -0.2) is 0 Å². The van der Waals surface area contributed by atoms with E-state index in [1.807, 2.05) is 30.3 Å². The molecule has 8 atom stereocenters. The molecule has 6 rings (SSSR count). The molecule has 0 aliphatic heterocycles. The van der Waals surface area contributed by atoms with Gasteiger partial charge in [0, 0.05) is 5.92 Å². The van der Waals surface area contributed by atoms with Crippen LogP contribution in [0.25, 0.3) is 11.0 Å². The molecule has 4 nitrogen and oxygen atoms in total. The highest BCUT2D eigenvalue weighted by molar-refractivity contribution is 5.82. The number of benzene rings is 1. The van der Waals surface area contributed by atoms with Crippen molar-refractivity contribution in [2.45, 2.75) is 98.4 Å². The predicted octanol–water partition coefficient (Wildman–Crippen LogP) is 7.88. The molecule has 196 valence electrons. The van der Waals surface area contributed by atoms with Crippen molar-refractivity contribution < 1.29 is 4.79 Å². The van der Waals surface area contributed by atoms with E-state index in [4.69, 9.17) is 0 Å². The lowest BCUT2D eigenvalue weighted by atomic mass is 9.44. The molecular weight excluding hydrogens is 442 g/mol. The van der Waals surface area contributed by atoms with Gasteiger partial charge in [0.15, 0.2) is 5.78 Å². The minimum Gasteiger partial charge on any atom is -0.297 e. The second kappa shape index (κ2) is 10.1. The van der Waals surface area contributed by atoms with Crippen molar-refractivity contribution in [3.63, 3.8) is 0 Å². The van der Waals surface area contributed by atoms with Gasteiger partial charge >= 0.3 is 0 Å². The Morgan fingerprint density at radius 3 is 2.31 bits per heavy atom. The molecule has 1 aromatic carbocycles. The molecule has 4 saturated carbocycles. The Hall–Kier alpha value is -1.97. The third-order valence-corrected chi connectivity index (χ3v) is 11.2. The predicted molar refractivity (Wildman–Crippen MR) is 147 cm³/mol. The smallest absolute Gasteiger partial charge is 0.159 e. The normalized spacial score (nSPS) is 39.3. The van der Waals surface area contributed by atoms with Gasteiger partial charge in [0.25, 0.3) is 0 Å². The molecule has 36 heavy (non-hydrogen) atoms. The summed E-state index contributed by atoms with van der Waals surface area (Å²) < 4.78 is 0. The van der Waals surface area contributed by atoms with E-state index in [1.54, 1.807) is 4.80 Å². The molecule has 0 radical (unpaired) electrons. The molecule has 4 heteroatoms. The lowest BCUT2D eigenvalue weighted by Crippen LogP contribution is -2.53. The van der Waals surface area contributed by atoms with Crippen molar-refractivity contribution in [2.75, 3.05) is 0 Å². The lowest BCUT2D eigenvalue weighted by molar-refractivity contribution is -0.137. The second-order valence-electron chi connectivity index (χ2n) is 13.1. The fourth-order valence-electron chi connectivity index (χ4n) is 9.23. The van der Waals surface area contributed by atoms with E-state index in [-0.39, 0.29) is 11.3 Å². The second-order valence-corrected chi connectivity index (χ2v) is 13.1. The number of rotatable bonds is 4. The Bertz CT molecular complexity index is 1060. The molecule has 2 aromatic rings. The number of hydrogen-bond acceptors (Lipinski definition) is 3. The van der Waals surface area contributed by atoms with Crippen LogP contribution in [-0.4, -0.2) is 20.8 Å². The first kappa shape index (κ1) is 25.7. The molecule has 4 fully saturated rings. The van der Waals surface area contributed by atoms with Crippen LogP contribution in [0.2, 0.25) is 0 Å². The molecule has 8 unspecified atom stereocenters. The summed E-state index contributed by atoms with van der Waals surface area (Å²) in [7, 11) is 0. The molecule has 1 aromatic heterocycles. The maximum atomic E-state index is 13.5. The van der Waals surface area contributed by atoms with Crippen LogP contribution < -0.4 is 0 Å². The van der Waals surface area contributed by atoms with E-state index >= 15 is 0 Å². The maximum Gasteiger partial charge on any atom is 0.159 e. The van der Waals surface area contributed by atoms with Crippen molar-refractivity contribution >= 4 is 16.8 Å². The van der Waals surface area contributed by atoms with Gasteiger partial charge in [0.1, 0.15) is 17.6 Å². The first-order chi connectivity index (χ1) is 17.3. The SMILES string of the molecule is C=CCC.CC1CCC2(C)C(CCC3C2CCC2(C)C(C(=O)Cn4nc5ccccc5n4)CCC32)C1. The number of fused-ring (bicyclic) bond motifs is 6. The van der Waals surface area contributed by atoms with Crippen molar-refractivity contribution in [2.24, 2.45) is 46.3 Å². The summed E-state index contributed by atoms with van der Waals surface area (Å²) in [5.41, 5.74) is 2.49. The number of aromatic nitrogens is 3. The first-order valence-corrected chi connectivity index (χ1v) is 14.7. The summed E-state index contributed by atoms with van der Waals surface area (Å²) in [5.74, 6) is 4.86. The average Bonchev–Trinajstić information content (AvgIpc) is 3.44. The summed E-state index contributed by atoms with van der Waals surface area (Å²) in [6, 6.07) is 7.90. The minimum atomic E-state index is 0.177. The van der Waals surface area contributed by atoms with Crippen LogP contribution in [-0.2, 0) is 11.3 Å². The van der Waals surface area contributed by atoms with Gasteiger partial charge in [-0.15, -0.1) is 6.58 Å². The van der Waals surface area contributed by atoms with Crippen LogP contribution in [0.5, 0.6) is 0 Å². The largest absolute Gasteiger partial charge is 0.297 e. The zero-order chi connectivity index (χ0) is 25.5. The summed E-state index contributed by atoms with van der Waals surface area (Å²) in [6.45, 7) is 13.4. The van der Waals surface area contributed by atoms with E-state index in [2.05, 4.69) is 44.5 Å². The number of ketones is 1. The summed E-state index contributed by atoms with van der Waals surface area (Å²) in [4.78, 5) is 15.2. The van der Waals surface area contributed by atoms with Crippen molar-refractivity contribution in [3.8, 4) is 0 Å². The average molecular weight is 490 g/mol. The third-order valence-electron chi connectivity index (χ3n) is 11.2. The zero-order valence-electron chi connectivity index (χ0n) is 23.1. The number of carbonyl (C=O) groups is 1. The first-order valence-electron chi connectivity index (χ1n) is 14.7. The Kier molecular flexibility index (Phi) is 7.18. The highest BCUT2D eigenvalue weighted by Crippen LogP contribution is 2.67. The van der Waals surface area contributed by atoms with E-state index in [0.717, 1.165) is 53.5 Å². The van der Waals surface area contributed by atoms with Crippen LogP contribution in [0.1, 0.15) is 91.9 Å². The van der Waals surface area contributed by atoms with Crippen molar-refractivity contribution in [1.82, 2.24) is 15.0 Å².